The van der Waals surface area contributed by atoms with E-state index in [0.717, 1.165) is 30.4 Å². The van der Waals surface area contributed by atoms with Crippen LogP contribution >= 0.6 is 0 Å². The summed E-state index contributed by atoms with van der Waals surface area (Å²) >= 11 is 0. The van der Waals surface area contributed by atoms with E-state index < -0.39 is 23.5 Å². The highest BCUT2D eigenvalue weighted by Gasteiger charge is 2.53. The number of aromatic nitrogens is 1. The normalized spacial score (nSPS) is 14.3. The number of halogens is 1. The Kier molecular flexibility index (Phi) is 11.2. The summed E-state index contributed by atoms with van der Waals surface area (Å²) in [5.41, 5.74) is 18.4. The molecule has 0 bridgehead atoms. The molecule has 0 saturated carbocycles. The SMILES string of the molecule is CC(=O)O.CC(=O)Oc1ccc2c(c1)Oc1cc(O)ccc1C21OC(=O)c2ccccc21.CC[n+]1c(-c2ccccc2)c2cc(N)ccc2c2ccc(N)cc21.[Br-]. The Labute approximate surface area is 338 Å². The van der Waals surface area contributed by atoms with Crippen molar-refractivity contribution >= 4 is 51.0 Å². The highest BCUT2D eigenvalue weighted by atomic mass is 79.9. The number of ether oxygens (including phenoxy) is 3. The van der Waals surface area contributed by atoms with Crippen LogP contribution in [0.25, 0.3) is 32.9 Å². The maximum absolute atomic E-state index is 12.7. The number of hydrogen-bond donors (Lipinski definition) is 4. The van der Waals surface area contributed by atoms with Crippen molar-refractivity contribution in [2.75, 3.05) is 11.5 Å². The highest BCUT2D eigenvalue weighted by molar-refractivity contribution is 6.10. The number of nitrogen functional groups attached to an aromatic ring is 2. The summed E-state index contributed by atoms with van der Waals surface area (Å²) in [4.78, 5) is 33.0. The van der Waals surface area contributed by atoms with Gasteiger partial charge in [0.2, 0.25) is 11.2 Å². The molecule has 1 aromatic heterocycles. The minimum absolute atomic E-state index is 0. The van der Waals surface area contributed by atoms with Crippen LogP contribution in [-0.2, 0) is 26.5 Å². The molecule has 7 aromatic rings. The Morgan fingerprint density at radius 2 is 1.35 bits per heavy atom. The van der Waals surface area contributed by atoms with Crippen molar-refractivity contribution in [1.82, 2.24) is 0 Å². The molecule has 6 N–H and O–H groups in total. The number of nitrogens with two attached hydrogens (primary N) is 2. The monoisotopic (exact) mass is 827 g/mol. The molecule has 1 atom stereocenters. The zero-order valence-electron chi connectivity index (χ0n) is 31.2. The number of phenolic OH excluding ortho intramolecular Hbond substituents is 1. The van der Waals surface area contributed by atoms with Crippen LogP contribution in [0.5, 0.6) is 23.0 Å². The van der Waals surface area contributed by atoms with Gasteiger partial charge in [-0.25, -0.2) is 4.79 Å². The topological polar surface area (TPSA) is 175 Å². The summed E-state index contributed by atoms with van der Waals surface area (Å²) in [6.45, 7) is 5.41. The predicted octanol–water partition coefficient (Wildman–Crippen LogP) is 5.11. The molecule has 1 unspecified atom stereocenters. The molecule has 11 nitrogen and oxygen atoms in total. The Hall–Kier alpha value is -6.92. The molecule has 3 heterocycles. The summed E-state index contributed by atoms with van der Waals surface area (Å²) in [5, 5.41) is 20.9. The van der Waals surface area contributed by atoms with E-state index in [4.69, 9.17) is 35.6 Å². The Morgan fingerprint density at radius 1 is 0.737 bits per heavy atom. The number of aliphatic carboxylic acids is 1. The molecule has 57 heavy (non-hydrogen) atoms. The van der Waals surface area contributed by atoms with Gasteiger partial charge in [-0.3, -0.25) is 9.59 Å². The van der Waals surface area contributed by atoms with E-state index in [2.05, 4.69) is 60.0 Å². The van der Waals surface area contributed by atoms with Crippen molar-refractivity contribution in [3.63, 3.8) is 0 Å². The number of fused-ring (bicyclic) bond motifs is 9. The number of carbonyl (C=O) groups excluding carboxylic acids is 2. The number of aryl methyl sites for hydroxylation is 1. The van der Waals surface area contributed by atoms with Crippen LogP contribution < -0.4 is 42.5 Å². The van der Waals surface area contributed by atoms with Crippen LogP contribution in [0.2, 0.25) is 0 Å². The fourth-order valence-corrected chi connectivity index (χ4v) is 7.37. The molecule has 12 heteroatoms. The molecule has 2 aliphatic heterocycles. The van der Waals surface area contributed by atoms with Crippen molar-refractivity contribution < 1.29 is 60.4 Å². The third kappa shape index (κ3) is 7.42. The van der Waals surface area contributed by atoms with E-state index in [1.807, 2.05) is 30.3 Å². The number of aromatic hydroxyl groups is 1. The number of anilines is 2. The fourth-order valence-electron chi connectivity index (χ4n) is 7.37. The van der Waals surface area contributed by atoms with E-state index in [1.165, 1.54) is 46.5 Å². The first-order chi connectivity index (χ1) is 26.9. The zero-order chi connectivity index (χ0) is 39.7. The minimum atomic E-state index is -1.21. The third-order valence-corrected chi connectivity index (χ3v) is 9.47. The largest absolute Gasteiger partial charge is 1.00 e. The van der Waals surface area contributed by atoms with E-state index in [-0.39, 0.29) is 22.7 Å². The number of esters is 2. The van der Waals surface area contributed by atoms with Gasteiger partial charge in [-0.15, -0.1) is 0 Å². The van der Waals surface area contributed by atoms with E-state index in [1.54, 1.807) is 36.4 Å². The maximum atomic E-state index is 12.7. The second-order valence-corrected chi connectivity index (χ2v) is 13.2. The maximum Gasteiger partial charge on any atom is 0.340 e. The number of hydrogen-bond acceptors (Lipinski definition) is 9. The van der Waals surface area contributed by atoms with Gasteiger partial charge in [0.25, 0.3) is 5.97 Å². The van der Waals surface area contributed by atoms with E-state index in [0.29, 0.717) is 39.5 Å². The summed E-state index contributed by atoms with van der Waals surface area (Å²) in [6, 6.07) is 39.5. The van der Waals surface area contributed by atoms with Gasteiger partial charge < -0.3 is 52.9 Å². The molecule has 0 amide bonds. The zero-order valence-corrected chi connectivity index (χ0v) is 32.7. The molecular formula is C45H38BrN3O8. The molecule has 0 aliphatic carbocycles. The van der Waals surface area contributed by atoms with Crippen molar-refractivity contribution in [2.24, 2.45) is 0 Å². The molecule has 0 radical (unpaired) electrons. The van der Waals surface area contributed by atoms with Gasteiger partial charge in [0, 0.05) is 71.1 Å². The Bertz CT molecular complexity index is 2700. The van der Waals surface area contributed by atoms with E-state index >= 15 is 0 Å². The van der Waals surface area contributed by atoms with Gasteiger partial charge in [0.1, 0.15) is 29.5 Å². The van der Waals surface area contributed by atoms with Crippen molar-refractivity contribution in [1.29, 1.82) is 0 Å². The van der Waals surface area contributed by atoms with Crippen molar-refractivity contribution in [3.8, 4) is 34.3 Å². The van der Waals surface area contributed by atoms with Gasteiger partial charge >= 0.3 is 11.9 Å². The number of carboxylic acid groups (broad SMARTS) is 1. The molecule has 0 fully saturated rings. The predicted molar refractivity (Wildman–Crippen MR) is 213 cm³/mol. The number of carboxylic acids is 1. The quantitative estimate of drug-likeness (QED) is 0.0616. The molecular weight excluding hydrogens is 790 g/mol. The lowest BCUT2D eigenvalue weighted by molar-refractivity contribution is -0.655. The standard InChI is InChI=1S/C22H14O6.C21H19N3.C2H4O2.BrH/c1-12(23)26-14-7-9-18-20(11-14)27-19-10-13(24)6-8-17(19)22(18)16-5-3-2-4-15(16)21(25)28-22;1-2-24-20-13-16(23)9-11-18(20)17-10-8-15(22)12-19(17)21(24)14-6-4-3-5-7-14;1-2(3)4;/h2-11,24H,1H3;3-13,23H,2,22H2,1H3;1H3,(H,3,4);1H. The second kappa shape index (κ2) is 16.0. The number of carbonyl (C=O) groups is 3. The van der Waals surface area contributed by atoms with Gasteiger partial charge in [-0.05, 0) is 73.7 Å². The molecule has 1 spiro atoms. The number of benzene rings is 6. The van der Waals surface area contributed by atoms with Gasteiger partial charge in [0.15, 0.2) is 5.60 Å². The van der Waals surface area contributed by atoms with Crippen molar-refractivity contribution in [2.45, 2.75) is 32.9 Å². The molecule has 9 rings (SSSR count). The first kappa shape index (κ1) is 39.8. The lowest BCUT2D eigenvalue weighted by Crippen LogP contribution is -3.00. The van der Waals surface area contributed by atoms with E-state index in [9.17, 15) is 14.7 Å². The van der Waals surface area contributed by atoms with Crippen LogP contribution in [-0.4, -0.2) is 28.1 Å². The van der Waals surface area contributed by atoms with Crippen LogP contribution in [0.4, 0.5) is 11.4 Å². The first-order valence-corrected chi connectivity index (χ1v) is 17.8. The average Bonchev–Trinajstić information content (AvgIpc) is 3.46. The lowest BCUT2D eigenvalue weighted by Gasteiger charge is -2.36. The molecule has 6 aromatic carbocycles. The second-order valence-electron chi connectivity index (χ2n) is 13.2. The Morgan fingerprint density at radius 3 is 2.04 bits per heavy atom. The van der Waals surface area contributed by atoms with Gasteiger partial charge in [-0.1, -0.05) is 42.5 Å². The summed E-state index contributed by atoms with van der Waals surface area (Å²) < 4.78 is 19.4. The molecule has 2 aliphatic rings. The summed E-state index contributed by atoms with van der Waals surface area (Å²) in [6.07, 6.45) is 0. The summed E-state index contributed by atoms with van der Waals surface area (Å²) in [5.74, 6) is -0.667. The minimum Gasteiger partial charge on any atom is -1.00 e. The van der Waals surface area contributed by atoms with Crippen LogP contribution in [0.1, 0.15) is 47.8 Å². The highest BCUT2D eigenvalue weighted by Crippen LogP contribution is 2.57. The summed E-state index contributed by atoms with van der Waals surface area (Å²) in [7, 11) is 0. The molecule has 0 saturated heterocycles. The average molecular weight is 829 g/mol. The van der Waals surface area contributed by atoms with Crippen LogP contribution in [0.15, 0.2) is 127 Å². The number of phenols is 1. The van der Waals surface area contributed by atoms with Gasteiger partial charge in [-0.2, -0.15) is 4.57 Å². The van der Waals surface area contributed by atoms with Crippen LogP contribution in [0.3, 0.4) is 0 Å². The number of rotatable bonds is 3. The first-order valence-electron chi connectivity index (χ1n) is 17.8. The lowest BCUT2D eigenvalue weighted by atomic mass is 9.77. The van der Waals surface area contributed by atoms with Gasteiger partial charge in [0.05, 0.1) is 16.3 Å². The molecule has 288 valence electrons. The fraction of sp³-hybridized carbons (Fsp3) is 0.111. The third-order valence-electron chi connectivity index (χ3n) is 9.47. The van der Waals surface area contributed by atoms with Crippen molar-refractivity contribution in [3.05, 3.63) is 150 Å². The Balaban J connectivity index is 0.000000175. The number of pyridine rings is 1. The number of nitrogens with zero attached hydrogens (tertiary/aromatic N) is 1. The smallest absolute Gasteiger partial charge is 0.340 e. The van der Waals surface area contributed by atoms with Crippen LogP contribution in [0, 0.1) is 0 Å².